The van der Waals surface area contributed by atoms with Crippen molar-refractivity contribution in [1.82, 2.24) is 14.8 Å². The summed E-state index contributed by atoms with van der Waals surface area (Å²) in [5.41, 5.74) is 2.23. The van der Waals surface area contributed by atoms with E-state index in [1.807, 2.05) is 18.3 Å². The first kappa shape index (κ1) is 14.4. The minimum Gasteiger partial charge on any atom is -0.301 e. The van der Waals surface area contributed by atoms with Gasteiger partial charge >= 0.3 is 0 Å². The van der Waals surface area contributed by atoms with Crippen LogP contribution >= 0.6 is 11.6 Å². The summed E-state index contributed by atoms with van der Waals surface area (Å²) in [6, 6.07) is 8.15. The maximum atomic E-state index is 6.45. The molecule has 1 saturated heterocycles. The van der Waals surface area contributed by atoms with E-state index in [0.717, 1.165) is 36.1 Å². The standard InChI is InChI=1S/C18H22ClN3/c19-17-6-5-15-2-1-7-20-18(15)16(17)13-22-10-8-21(9-11-22)12-14-3-4-14/h1-2,5-7,14H,3-4,8-13H2. The normalized spacial score (nSPS) is 20.6. The van der Waals surface area contributed by atoms with E-state index in [9.17, 15) is 0 Å². The lowest BCUT2D eigenvalue weighted by Crippen LogP contribution is -2.46. The number of rotatable bonds is 4. The van der Waals surface area contributed by atoms with Crippen molar-refractivity contribution in [3.63, 3.8) is 0 Å². The van der Waals surface area contributed by atoms with Crippen LogP contribution in [0.15, 0.2) is 30.5 Å². The zero-order chi connectivity index (χ0) is 14.9. The Morgan fingerprint density at radius 2 is 1.82 bits per heavy atom. The van der Waals surface area contributed by atoms with E-state index in [1.54, 1.807) is 0 Å². The van der Waals surface area contributed by atoms with Crippen molar-refractivity contribution >= 4 is 22.5 Å². The molecule has 0 unspecified atom stereocenters. The van der Waals surface area contributed by atoms with Crippen molar-refractivity contribution in [2.45, 2.75) is 19.4 Å². The van der Waals surface area contributed by atoms with Gasteiger partial charge in [-0.1, -0.05) is 23.7 Å². The van der Waals surface area contributed by atoms with Gasteiger partial charge in [0.25, 0.3) is 0 Å². The molecule has 1 aromatic heterocycles. The summed E-state index contributed by atoms with van der Waals surface area (Å²) in [6.45, 7) is 6.85. The molecular weight excluding hydrogens is 294 g/mol. The third-order valence-electron chi connectivity index (χ3n) is 4.88. The first-order chi connectivity index (χ1) is 10.8. The molecule has 1 saturated carbocycles. The molecule has 4 rings (SSSR count). The SMILES string of the molecule is Clc1ccc2cccnc2c1CN1CCN(CC2CC2)CC1. The van der Waals surface area contributed by atoms with Gasteiger partial charge in [0.15, 0.2) is 0 Å². The van der Waals surface area contributed by atoms with E-state index in [2.05, 4.69) is 26.9 Å². The molecule has 2 aliphatic rings. The van der Waals surface area contributed by atoms with Crippen molar-refractivity contribution in [3.05, 3.63) is 41.0 Å². The van der Waals surface area contributed by atoms with Gasteiger partial charge in [-0.05, 0) is 30.9 Å². The number of fused-ring (bicyclic) bond motifs is 1. The van der Waals surface area contributed by atoms with Crippen LogP contribution in [0, 0.1) is 5.92 Å². The first-order valence-corrected chi connectivity index (χ1v) is 8.64. The quantitative estimate of drug-likeness (QED) is 0.862. The summed E-state index contributed by atoms with van der Waals surface area (Å²) in [5, 5.41) is 2.01. The molecule has 2 fully saturated rings. The fourth-order valence-corrected chi connectivity index (χ4v) is 3.56. The number of piperazine rings is 1. The smallest absolute Gasteiger partial charge is 0.0761 e. The molecule has 4 heteroatoms. The maximum absolute atomic E-state index is 6.45. The largest absolute Gasteiger partial charge is 0.301 e. The highest BCUT2D eigenvalue weighted by atomic mass is 35.5. The molecule has 0 spiro atoms. The van der Waals surface area contributed by atoms with Crippen LogP contribution in [0.4, 0.5) is 0 Å². The van der Waals surface area contributed by atoms with E-state index in [1.165, 1.54) is 43.4 Å². The van der Waals surface area contributed by atoms with Gasteiger partial charge in [0.1, 0.15) is 0 Å². The zero-order valence-corrected chi connectivity index (χ0v) is 13.6. The number of aromatic nitrogens is 1. The average Bonchev–Trinajstić information content (AvgIpc) is 3.36. The average molecular weight is 316 g/mol. The Labute approximate surface area is 136 Å². The molecule has 22 heavy (non-hydrogen) atoms. The summed E-state index contributed by atoms with van der Waals surface area (Å²) in [7, 11) is 0. The van der Waals surface area contributed by atoms with E-state index < -0.39 is 0 Å². The first-order valence-electron chi connectivity index (χ1n) is 8.26. The van der Waals surface area contributed by atoms with Crippen LogP contribution in [-0.4, -0.2) is 47.5 Å². The van der Waals surface area contributed by atoms with E-state index in [4.69, 9.17) is 11.6 Å². The van der Waals surface area contributed by atoms with Crippen molar-refractivity contribution in [1.29, 1.82) is 0 Å². The molecule has 0 atom stereocenters. The molecule has 1 aliphatic carbocycles. The number of hydrogen-bond acceptors (Lipinski definition) is 3. The lowest BCUT2D eigenvalue weighted by Gasteiger charge is -2.35. The highest BCUT2D eigenvalue weighted by Crippen LogP contribution is 2.30. The molecule has 1 aromatic carbocycles. The molecule has 0 bridgehead atoms. The molecule has 0 N–H and O–H groups in total. The van der Waals surface area contributed by atoms with E-state index in [0.29, 0.717) is 0 Å². The van der Waals surface area contributed by atoms with Gasteiger partial charge in [-0.2, -0.15) is 0 Å². The highest BCUT2D eigenvalue weighted by molar-refractivity contribution is 6.32. The van der Waals surface area contributed by atoms with Gasteiger partial charge in [0.05, 0.1) is 5.52 Å². The van der Waals surface area contributed by atoms with Crippen LogP contribution in [0.2, 0.25) is 5.02 Å². The van der Waals surface area contributed by atoms with Crippen LogP contribution in [0.1, 0.15) is 18.4 Å². The summed E-state index contributed by atoms with van der Waals surface area (Å²) in [6.07, 6.45) is 4.74. The van der Waals surface area contributed by atoms with Gasteiger partial charge in [-0.25, -0.2) is 0 Å². The third-order valence-corrected chi connectivity index (χ3v) is 5.24. The maximum Gasteiger partial charge on any atom is 0.0761 e. The number of halogens is 1. The van der Waals surface area contributed by atoms with Crippen molar-refractivity contribution < 1.29 is 0 Å². The topological polar surface area (TPSA) is 19.4 Å². The molecule has 0 amide bonds. The Hall–Kier alpha value is -1.16. The van der Waals surface area contributed by atoms with Crippen molar-refractivity contribution in [2.24, 2.45) is 5.92 Å². The van der Waals surface area contributed by atoms with E-state index >= 15 is 0 Å². The molecule has 1 aliphatic heterocycles. The van der Waals surface area contributed by atoms with Crippen LogP contribution < -0.4 is 0 Å². The minimum atomic E-state index is 0.839. The summed E-state index contributed by atoms with van der Waals surface area (Å²) < 4.78 is 0. The summed E-state index contributed by atoms with van der Waals surface area (Å²) >= 11 is 6.45. The lowest BCUT2D eigenvalue weighted by molar-refractivity contribution is 0.123. The van der Waals surface area contributed by atoms with Crippen LogP contribution in [0.5, 0.6) is 0 Å². The second-order valence-electron chi connectivity index (χ2n) is 6.62. The number of nitrogens with zero attached hydrogens (tertiary/aromatic N) is 3. The molecule has 116 valence electrons. The number of pyridine rings is 1. The Balaban J connectivity index is 1.46. The van der Waals surface area contributed by atoms with Gasteiger partial charge in [0, 0.05) is 61.4 Å². The molecule has 2 heterocycles. The van der Waals surface area contributed by atoms with Crippen molar-refractivity contribution in [3.8, 4) is 0 Å². The monoisotopic (exact) mass is 315 g/mol. The van der Waals surface area contributed by atoms with Crippen LogP contribution in [0.3, 0.4) is 0 Å². The summed E-state index contributed by atoms with van der Waals surface area (Å²) in [4.78, 5) is 9.68. The molecule has 2 aromatic rings. The molecule has 0 radical (unpaired) electrons. The van der Waals surface area contributed by atoms with Gasteiger partial charge in [0.2, 0.25) is 0 Å². The lowest BCUT2D eigenvalue weighted by atomic mass is 10.1. The molecular formula is C18H22ClN3. The van der Waals surface area contributed by atoms with Crippen molar-refractivity contribution in [2.75, 3.05) is 32.7 Å². The Morgan fingerprint density at radius 1 is 1.05 bits per heavy atom. The zero-order valence-electron chi connectivity index (χ0n) is 12.8. The number of benzene rings is 1. The van der Waals surface area contributed by atoms with Crippen LogP contribution in [0.25, 0.3) is 10.9 Å². The van der Waals surface area contributed by atoms with Crippen LogP contribution in [-0.2, 0) is 6.54 Å². The van der Waals surface area contributed by atoms with E-state index in [-0.39, 0.29) is 0 Å². The van der Waals surface area contributed by atoms with Gasteiger partial charge in [-0.15, -0.1) is 0 Å². The Morgan fingerprint density at radius 3 is 2.59 bits per heavy atom. The fourth-order valence-electron chi connectivity index (χ4n) is 3.35. The molecule has 3 nitrogen and oxygen atoms in total. The number of hydrogen-bond donors (Lipinski definition) is 0. The predicted molar refractivity (Wildman–Crippen MR) is 91.2 cm³/mol. The Kier molecular flexibility index (Phi) is 4.03. The summed E-state index contributed by atoms with van der Waals surface area (Å²) in [5.74, 6) is 0.989. The Bertz CT molecular complexity index is 660. The minimum absolute atomic E-state index is 0.839. The second-order valence-corrected chi connectivity index (χ2v) is 7.03. The predicted octanol–water partition coefficient (Wildman–Crippen LogP) is 3.42. The second kappa shape index (κ2) is 6.15. The fraction of sp³-hybridized carbons (Fsp3) is 0.500. The third kappa shape index (κ3) is 3.12. The highest BCUT2D eigenvalue weighted by Gasteiger charge is 2.26. The van der Waals surface area contributed by atoms with Gasteiger partial charge < -0.3 is 4.90 Å². The van der Waals surface area contributed by atoms with Gasteiger partial charge in [-0.3, -0.25) is 9.88 Å².